The number of piperidine rings is 1. The van der Waals surface area contributed by atoms with Crippen LogP contribution in [0.4, 0.5) is 0 Å². The van der Waals surface area contributed by atoms with Gasteiger partial charge in [-0.25, -0.2) is 0 Å². The molecule has 1 amide bonds. The molecule has 2 heterocycles. The molecule has 0 radical (unpaired) electrons. The normalized spacial score (nSPS) is 16.8. The Balaban J connectivity index is 1.21. The molecule has 6 nitrogen and oxygen atoms in total. The molecule has 0 bridgehead atoms. The molecule has 0 spiro atoms. The predicted molar refractivity (Wildman–Crippen MR) is 128 cm³/mol. The summed E-state index contributed by atoms with van der Waals surface area (Å²) >= 11 is 0. The predicted octanol–water partition coefficient (Wildman–Crippen LogP) is 4.93. The van der Waals surface area contributed by atoms with Crippen molar-refractivity contribution in [3.05, 3.63) is 71.8 Å². The van der Waals surface area contributed by atoms with Crippen LogP contribution in [0.15, 0.2) is 65.8 Å². The number of likely N-dealkylation sites (tertiary alicyclic amines) is 1. The second kappa shape index (κ2) is 9.94. The number of fused-ring (bicyclic) bond motifs is 2. The Bertz CT molecular complexity index is 1170. The van der Waals surface area contributed by atoms with Crippen molar-refractivity contribution in [1.29, 1.82) is 0 Å². The molecule has 2 aliphatic rings. The third kappa shape index (κ3) is 5.11. The van der Waals surface area contributed by atoms with Gasteiger partial charge in [0.1, 0.15) is 18.1 Å². The number of carbonyl (C=O) groups is 1. The Morgan fingerprint density at radius 3 is 2.70 bits per heavy atom. The van der Waals surface area contributed by atoms with Crippen molar-refractivity contribution in [3.63, 3.8) is 0 Å². The lowest BCUT2D eigenvalue weighted by Crippen LogP contribution is -2.38. The molecule has 0 aliphatic carbocycles. The van der Waals surface area contributed by atoms with Crippen molar-refractivity contribution in [2.24, 2.45) is 5.16 Å². The van der Waals surface area contributed by atoms with Gasteiger partial charge in [0.25, 0.3) is 5.91 Å². The maximum absolute atomic E-state index is 12.4. The van der Waals surface area contributed by atoms with Crippen LogP contribution >= 0.6 is 0 Å². The molecule has 2 aliphatic heterocycles. The highest BCUT2D eigenvalue weighted by Crippen LogP contribution is 2.30. The minimum atomic E-state index is 0.0395. The van der Waals surface area contributed by atoms with E-state index in [-0.39, 0.29) is 12.5 Å². The van der Waals surface area contributed by atoms with Gasteiger partial charge in [-0.3, -0.25) is 4.79 Å². The van der Waals surface area contributed by atoms with Gasteiger partial charge in [-0.15, -0.1) is 0 Å². The number of hydrogen-bond acceptors (Lipinski definition) is 5. The molecule has 1 saturated heterocycles. The highest BCUT2D eigenvalue weighted by Gasteiger charge is 2.20. The molecular weight excluding hydrogens is 416 g/mol. The zero-order valence-electron chi connectivity index (χ0n) is 18.7. The zero-order valence-corrected chi connectivity index (χ0v) is 18.7. The molecule has 3 aromatic rings. The van der Waals surface area contributed by atoms with Gasteiger partial charge in [0.05, 0.1) is 12.3 Å². The van der Waals surface area contributed by atoms with Crippen molar-refractivity contribution < 1.29 is 19.1 Å². The maximum Gasteiger partial charge on any atom is 0.260 e. The summed E-state index contributed by atoms with van der Waals surface area (Å²) in [5, 5.41) is 6.80. The summed E-state index contributed by atoms with van der Waals surface area (Å²) in [5.74, 6) is 1.37. The fourth-order valence-corrected chi connectivity index (χ4v) is 4.33. The fraction of sp³-hybridized carbons (Fsp3) is 0.333. The molecule has 6 heteroatoms. The van der Waals surface area contributed by atoms with E-state index in [0.29, 0.717) is 31.1 Å². The zero-order chi connectivity index (χ0) is 22.5. The lowest BCUT2D eigenvalue weighted by Gasteiger charge is -2.26. The van der Waals surface area contributed by atoms with Crippen LogP contribution in [0, 0.1) is 0 Å². The Morgan fingerprint density at radius 1 is 0.970 bits per heavy atom. The van der Waals surface area contributed by atoms with Crippen molar-refractivity contribution in [2.75, 3.05) is 26.3 Å². The Morgan fingerprint density at radius 2 is 1.82 bits per heavy atom. The van der Waals surface area contributed by atoms with Crippen molar-refractivity contribution in [1.82, 2.24) is 4.90 Å². The van der Waals surface area contributed by atoms with Gasteiger partial charge in [-0.2, -0.15) is 0 Å². The van der Waals surface area contributed by atoms with E-state index in [1.807, 2.05) is 35.2 Å². The number of nitrogens with zero attached hydrogens (tertiary/aromatic N) is 2. The van der Waals surface area contributed by atoms with E-state index in [1.165, 1.54) is 17.2 Å². The van der Waals surface area contributed by atoms with Crippen LogP contribution in [0.2, 0.25) is 0 Å². The second-order valence-corrected chi connectivity index (χ2v) is 8.48. The minimum Gasteiger partial charge on any atom is -0.492 e. The van der Waals surface area contributed by atoms with Gasteiger partial charge in [0.2, 0.25) is 0 Å². The SMILES string of the molecule is O=C(COc1ccc2c(c1)OCCC2=NOCc1ccc2ccccc2c1)N1CCCCC1. The molecular formula is C27H28N2O4. The first-order valence-electron chi connectivity index (χ1n) is 11.6. The topological polar surface area (TPSA) is 60.4 Å². The summed E-state index contributed by atoms with van der Waals surface area (Å²) in [6.07, 6.45) is 4.02. The summed E-state index contributed by atoms with van der Waals surface area (Å²) in [6.45, 7) is 2.64. The smallest absolute Gasteiger partial charge is 0.260 e. The summed E-state index contributed by atoms with van der Waals surface area (Å²) in [6, 6.07) is 20.2. The van der Waals surface area contributed by atoms with E-state index in [9.17, 15) is 4.79 Å². The van der Waals surface area contributed by atoms with Crippen LogP contribution in [0.1, 0.15) is 36.8 Å². The summed E-state index contributed by atoms with van der Waals surface area (Å²) in [7, 11) is 0. The van der Waals surface area contributed by atoms with Gasteiger partial charge in [-0.05, 0) is 53.8 Å². The number of amides is 1. The molecule has 170 valence electrons. The maximum atomic E-state index is 12.4. The van der Waals surface area contributed by atoms with Crippen LogP contribution in [0.3, 0.4) is 0 Å². The average molecular weight is 445 g/mol. The molecule has 3 aromatic carbocycles. The highest BCUT2D eigenvalue weighted by molar-refractivity contribution is 6.03. The Hall–Kier alpha value is -3.54. The molecule has 0 atom stereocenters. The third-order valence-corrected chi connectivity index (χ3v) is 6.15. The number of benzene rings is 3. The Kier molecular flexibility index (Phi) is 6.42. The number of oxime groups is 1. The number of rotatable bonds is 6. The van der Waals surface area contributed by atoms with Gasteiger partial charge >= 0.3 is 0 Å². The summed E-state index contributed by atoms with van der Waals surface area (Å²) in [5.41, 5.74) is 2.83. The first-order chi connectivity index (χ1) is 16.3. The van der Waals surface area contributed by atoms with Crippen LogP contribution in [-0.2, 0) is 16.2 Å². The number of carbonyl (C=O) groups excluding carboxylic acids is 1. The highest BCUT2D eigenvalue weighted by atomic mass is 16.6. The molecule has 5 rings (SSSR count). The number of ether oxygens (including phenoxy) is 2. The lowest BCUT2D eigenvalue weighted by molar-refractivity contribution is -0.134. The van der Waals surface area contributed by atoms with Crippen molar-refractivity contribution in [2.45, 2.75) is 32.3 Å². The van der Waals surface area contributed by atoms with Crippen molar-refractivity contribution >= 4 is 22.4 Å². The van der Waals surface area contributed by atoms with E-state index in [1.54, 1.807) is 0 Å². The van der Waals surface area contributed by atoms with Crippen LogP contribution in [-0.4, -0.2) is 42.8 Å². The fourth-order valence-electron chi connectivity index (χ4n) is 4.33. The quantitative estimate of drug-likeness (QED) is 0.506. The van der Waals surface area contributed by atoms with Crippen molar-refractivity contribution in [3.8, 4) is 11.5 Å². The number of hydrogen-bond donors (Lipinski definition) is 0. The van der Waals surface area contributed by atoms with E-state index < -0.39 is 0 Å². The minimum absolute atomic E-state index is 0.0395. The molecule has 33 heavy (non-hydrogen) atoms. The monoisotopic (exact) mass is 444 g/mol. The second-order valence-electron chi connectivity index (χ2n) is 8.48. The molecule has 0 aromatic heterocycles. The Labute approximate surface area is 193 Å². The standard InChI is InChI=1S/C27H28N2O4/c30-27(29-13-4-1-5-14-29)19-32-23-10-11-24-25(12-15-31-26(24)17-23)28-33-18-20-8-9-21-6-2-3-7-22(21)16-20/h2-3,6-11,16-17H,1,4-5,12-15,18-19H2. The van der Waals surface area contributed by atoms with E-state index >= 15 is 0 Å². The third-order valence-electron chi connectivity index (χ3n) is 6.15. The van der Waals surface area contributed by atoms with Gasteiger partial charge < -0.3 is 19.2 Å². The summed E-state index contributed by atoms with van der Waals surface area (Å²) in [4.78, 5) is 19.9. The van der Waals surface area contributed by atoms with Crippen LogP contribution in [0.5, 0.6) is 11.5 Å². The lowest BCUT2D eigenvalue weighted by atomic mass is 10.0. The van der Waals surface area contributed by atoms with Crippen LogP contribution < -0.4 is 9.47 Å². The molecule has 0 N–H and O–H groups in total. The van der Waals surface area contributed by atoms with Gasteiger partial charge in [-0.1, -0.05) is 41.6 Å². The van der Waals surface area contributed by atoms with Crippen LogP contribution in [0.25, 0.3) is 10.8 Å². The van der Waals surface area contributed by atoms with E-state index in [0.717, 1.165) is 42.8 Å². The molecule has 0 saturated carbocycles. The summed E-state index contributed by atoms with van der Waals surface area (Å²) < 4.78 is 11.6. The largest absolute Gasteiger partial charge is 0.492 e. The van der Waals surface area contributed by atoms with Gasteiger partial charge in [0, 0.05) is 31.1 Å². The first-order valence-corrected chi connectivity index (χ1v) is 11.6. The molecule has 1 fully saturated rings. The van der Waals surface area contributed by atoms with Gasteiger partial charge in [0.15, 0.2) is 6.61 Å². The average Bonchev–Trinajstić information content (AvgIpc) is 2.87. The first kappa shape index (κ1) is 21.3. The van der Waals surface area contributed by atoms with E-state index in [2.05, 4.69) is 35.5 Å². The van der Waals surface area contributed by atoms with E-state index in [4.69, 9.17) is 14.3 Å². The molecule has 0 unspecified atom stereocenters.